The molecule has 1 aromatic carbocycles. The van der Waals surface area contributed by atoms with Gasteiger partial charge in [0.2, 0.25) is 0 Å². The Balaban J connectivity index is 0.00000182. The van der Waals surface area contributed by atoms with E-state index in [1.54, 1.807) is 6.20 Å². The number of amides is 1. The number of hydrogen-bond donors (Lipinski definition) is 1. The van der Waals surface area contributed by atoms with Crippen molar-refractivity contribution in [2.24, 2.45) is 11.1 Å². The predicted molar refractivity (Wildman–Crippen MR) is 112 cm³/mol. The molecule has 1 amide bonds. The second kappa shape index (κ2) is 9.93. The van der Waals surface area contributed by atoms with Crippen LogP contribution in [-0.4, -0.2) is 35.4 Å². The van der Waals surface area contributed by atoms with Gasteiger partial charge >= 0.3 is 0 Å². The molecule has 1 saturated heterocycles. The van der Waals surface area contributed by atoms with Gasteiger partial charge in [0.15, 0.2) is 0 Å². The third kappa shape index (κ3) is 5.83. The van der Waals surface area contributed by atoms with Gasteiger partial charge in [0.25, 0.3) is 5.91 Å². The summed E-state index contributed by atoms with van der Waals surface area (Å²) < 4.78 is 5.75. The van der Waals surface area contributed by atoms with Gasteiger partial charge in [-0.05, 0) is 55.1 Å². The van der Waals surface area contributed by atoms with Crippen molar-refractivity contribution < 1.29 is 9.53 Å². The van der Waals surface area contributed by atoms with Crippen LogP contribution in [0.1, 0.15) is 35.0 Å². The van der Waals surface area contributed by atoms with Gasteiger partial charge < -0.3 is 15.4 Å². The van der Waals surface area contributed by atoms with Gasteiger partial charge in [-0.15, -0.1) is 24.8 Å². The smallest absolute Gasteiger partial charge is 0.253 e. The molecule has 0 saturated carbocycles. The highest BCUT2D eigenvalue weighted by Gasteiger charge is 2.35. The third-order valence-electron chi connectivity index (χ3n) is 4.80. The summed E-state index contributed by atoms with van der Waals surface area (Å²) in [7, 11) is 0. The summed E-state index contributed by atoms with van der Waals surface area (Å²) in [5.74, 6) is 0.789. The van der Waals surface area contributed by atoms with E-state index in [1.807, 2.05) is 48.2 Å². The van der Waals surface area contributed by atoms with E-state index in [9.17, 15) is 4.79 Å². The van der Waals surface area contributed by atoms with Crippen LogP contribution >= 0.6 is 24.8 Å². The fourth-order valence-corrected chi connectivity index (χ4v) is 3.05. The zero-order valence-electron chi connectivity index (χ0n) is 15.7. The third-order valence-corrected chi connectivity index (χ3v) is 4.80. The van der Waals surface area contributed by atoms with E-state index >= 15 is 0 Å². The van der Waals surface area contributed by atoms with E-state index in [4.69, 9.17) is 10.5 Å². The van der Waals surface area contributed by atoms with Crippen LogP contribution in [0.25, 0.3) is 0 Å². The van der Waals surface area contributed by atoms with Crippen molar-refractivity contribution in [3.8, 4) is 5.75 Å². The second-order valence-corrected chi connectivity index (χ2v) is 7.12. The summed E-state index contributed by atoms with van der Waals surface area (Å²) in [6.07, 6.45) is 2.67. The van der Waals surface area contributed by atoms with Crippen LogP contribution in [0.4, 0.5) is 0 Å². The maximum absolute atomic E-state index is 12.7. The molecule has 1 aromatic heterocycles. The first-order valence-corrected chi connectivity index (χ1v) is 8.63. The predicted octanol–water partition coefficient (Wildman–Crippen LogP) is 3.62. The van der Waals surface area contributed by atoms with E-state index in [-0.39, 0.29) is 36.1 Å². The normalized spacial score (nSPS) is 18.4. The molecule has 0 aliphatic carbocycles. The molecule has 5 nitrogen and oxygen atoms in total. The molecule has 1 atom stereocenters. The molecule has 0 bridgehead atoms. The van der Waals surface area contributed by atoms with E-state index in [0.29, 0.717) is 18.7 Å². The Labute approximate surface area is 173 Å². The van der Waals surface area contributed by atoms with Gasteiger partial charge in [0.1, 0.15) is 12.4 Å². The number of carbonyl (C=O) groups excluding carboxylic acids is 1. The number of nitrogens with zero attached hydrogens (tertiary/aromatic N) is 2. The van der Waals surface area contributed by atoms with E-state index < -0.39 is 0 Å². The number of carbonyl (C=O) groups is 1. The second-order valence-electron chi connectivity index (χ2n) is 7.12. The summed E-state index contributed by atoms with van der Waals surface area (Å²) >= 11 is 0. The molecule has 1 aliphatic heterocycles. The quantitative estimate of drug-likeness (QED) is 0.815. The number of rotatable bonds is 5. The summed E-state index contributed by atoms with van der Waals surface area (Å²) in [6.45, 7) is 6.58. The van der Waals surface area contributed by atoms with E-state index in [0.717, 1.165) is 36.5 Å². The monoisotopic (exact) mass is 411 g/mol. The van der Waals surface area contributed by atoms with Gasteiger partial charge in [-0.25, -0.2) is 0 Å². The number of pyridine rings is 1. The summed E-state index contributed by atoms with van der Waals surface area (Å²) in [4.78, 5) is 18.9. The molecule has 1 fully saturated rings. The fraction of sp³-hybridized carbons (Fsp3) is 0.400. The highest BCUT2D eigenvalue weighted by molar-refractivity contribution is 5.94. The van der Waals surface area contributed by atoms with Crippen molar-refractivity contribution in [2.45, 2.75) is 26.9 Å². The lowest BCUT2D eigenvalue weighted by molar-refractivity contribution is 0.0776. The number of aromatic nitrogens is 1. The molecule has 7 heteroatoms. The summed E-state index contributed by atoms with van der Waals surface area (Å²) in [6, 6.07) is 11.4. The Morgan fingerprint density at radius 3 is 2.70 bits per heavy atom. The van der Waals surface area contributed by atoms with Crippen molar-refractivity contribution in [3.05, 3.63) is 59.4 Å². The Hall–Kier alpha value is -1.82. The van der Waals surface area contributed by atoms with Crippen LogP contribution in [0, 0.1) is 12.3 Å². The van der Waals surface area contributed by atoms with Crippen LogP contribution in [0.5, 0.6) is 5.75 Å². The molecule has 2 N–H and O–H groups in total. The van der Waals surface area contributed by atoms with Crippen molar-refractivity contribution in [1.82, 2.24) is 9.88 Å². The standard InChI is InChI=1S/C20H25N3O2.2ClH/c1-15-6-7-18(11-22-15)25-12-16-4-3-5-17(10-16)19(24)23-9-8-20(2,13-21)14-23;;/h3-7,10-11H,8-9,12-14,21H2,1-2H3;2*1H. The molecule has 2 aromatic rings. The number of ether oxygens (including phenoxy) is 1. The minimum atomic E-state index is 0. The maximum Gasteiger partial charge on any atom is 0.253 e. The Bertz CT molecular complexity index is 755. The van der Waals surface area contributed by atoms with Crippen molar-refractivity contribution in [2.75, 3.05) is 19.6 Å². The molecule has 1 unspecified atom stereocenters. The zero-order valence-corrected chi connectivity index (χ0v) is 17.3. The Morgan fingerprint density at radius 2 is 2.07 bits per heavy atom. The average molecular weight is 412 g/mol. The minimum Gasteiger partial charge on any atom is -0.487 e. The number of benzene rings is 1. The van der Waals surface area contributed by atoms with Gasteiger partial charge in [-0.1, -0.05) is 19.1 Å². The van der Waals surface area contributed by atoms with Crippen LogP contribution in [0.2, 0.25) is 0 Å². The van der Waals surface area contributed by atoms with Crippen molar-refractivity contribution in [3.63, 3.8) is 0 Å². The first kappa shape index (κ1) is 23.2. The summed E-state index contributed by atoms with van der Waals surface area (Å²) in [5, 5.41) is 0. The average Bonchev–Trinajstić information content (AvgIpc) is 3.04. The minimum absolute atomic E-state index is 0. The Kier molecular flexibility index (Phi) is 8.54. The van der Waals surface area contributed by atoms with Crippen LogP contribution in [-0.2, 0) is 6.61 Å². The first-order valence-electron chi connectivity index (χ1n) is 8.63. The van der Waals surface area contributed by atoms with E-state index in [1.165, 1.54) is 0 Å². The molecular weight excluding hydrogens is 385 g/mol. The molecule has 1 aliphatic rings. The van der Waals surface area contributed by atoms with E-state index in [2.05, 4.69) is 11.9 Å². The highest BCUT2D eigenvalue weighted by Crippen LogP contribution is 2.29. The van der Waals surface area contributed by atoms with Gasteiger partial charge in [-0.3, -0.25) is 9.78 Å². The number of aryl methyl sites for hydroxylation is 1. The molecule has 2 heterocycles. The van der Waals surface area contributed by atoms with Gasteiger partial charge in [-0.2, -0.15) is 0 Å². The zero-order chi connectivity index (χ0) is 17.9. The SMILES string of the molecule is Cc1ccc(OCc2cccc(C(=O)N3CCC(C)(CN)C3)c2)cn1.Cl.Cl. The molecular formula is C20H27Cl2N3O2. The molecule has 27 heavy (non-hydrogen) atoms. The lowest BCUT2D eigenvalue weighted by atomic mass is 9.90. The summed E-state index contributed by atoms with van der Waals surface area (Å²) in [5.41, 5.74) is 8.49. The first-order chi connectivity index (χ1) is 12.0. The van der Waals surface area contributed by atoms with Crippen LogP contribution in [0.15, 0.2) is 42.6 Å². The van der Waals surface area contributed by atoms with Crippen molar-refractivity contribution >= 4 is 30.7 Å². The van der Waals surface area contributed by atoms with Crippen molar-refractivity contribution in [1.29, 1.82) is 0 Å². The molecule has 0 spiro atoms. The van der Waals surface area contributed by atoms with Crippen LogP contribution in [0.3, 0.4) is 0 Å². The molecule has 148 valence electrons. The largest absolute Gasteiger partial charge is 0.487 e. The van der Waals surface area contributed by atoms with Gasteiger partial charge in [0.05, 0.1) is 6.20 Å². The van der Waals surface area contributed by atoms with Gasteiger partial charge in [0, 0.05) is 24.3 Å². The number of nitrogens with two attached hydrogens (primary N) is 1. The number of halogens is 2. The molecule has 0 radical (unpaired) electrons. The fourth-order valence-electron chi connectivity index (χ4n) is 3.05. The topological polar surface area (TPSA) is 68.5 Å². The number of hydrogen-bond acceptors (Lipinski definition) is 4. The maximum atomic E-state index is 12.7. The Morgan fingerprint density at radius 1 is 1.30 bits per heavy atom. The highest BCUT2D eigenvalue weighted by atomic mass is 35.5. The lowest BCUT2D eigenvalue weighted by Gasteiger charge is -2.22. The van der Waals surface area contributed by atoms with Crippen LogP contribution < -0.4 is 10.5 Å². The molecule has 3 rings (SSSR count). The lowest BCUT2D eigenvalue weighted by Crippen LogP contribution is -2.34. The number of likely N-dealkylation sites (tertiary alicyclic amines) is 1.